The molecule has 0 bridgehead atoms. The van der Waals surface area contributed by atoms with Crippen LogP contribution in [0.2, 0.25) is 0 Å². The van der Waals surface area contributed by atoms with Gasteiger partial charge in [-0.1, -0.05) is 12.1 Å². The van der Waals surface area contributed by atoms with E-state index in [-0.39, 0.29) is 11.7 Å². The molecule has 1 aliphatic heterocycles. The smallest absolute Gasteiger partial charge is 0.228 e. The summed E-state index contributed by atoms with van der Waals surface area (Å²) in [7, 11) is 0. The number of carbonyl (C=O) groups is 1. The molecular weight excluding hydrogens is 323 g/mol. The van der Waals surface area contributed by atoms with Gasteiger partial charge in [0.25, 0.3) is 0 Å². The second-order valence-corrected chi connectivity index (χ2v) is 7.00. The molecule has 0 unspecified atom stereocenters. The average molecular weight is 340 g/mol. The molecule has 1 N–H and O–H groups in total. The molecule has 1 aliphatic rings. The first-order valence-electron chi connectivity index (χ1n) is 7.97. The van der Waals surface area contributed by atoms with Gasteiger partial charge in [0.2, 0.25) is 5.91 Å². The van der Waals surface area contributed by atoms with Gasteiger partial charge in [-0.15, -0.1) is 11.3 Å². The van der Waals surface area contributed by atoms with Crippen molar-refractivity contribution < 1.29 is 9.18 Å². The number of aromatic amines is 1. The van der Waals surface area contributed by atoms with Crippen LogP contribution < -0.4 is 0 Å². The van der Waals surface area contributed by atoms with E-state index in [1.165, 1.54) is 11.6 Å². The Morgan fingerprint density at radius 1 is 1.33 bits per heavy atom. The lowest BCUT2D eigenvalue weighted by atomic mass is 9.98. The topological polar surface area (TPSA) is 36.1 Å². The van der Waals surface area contributed by atoms with Crippen molar-refractivity contribution in [3.05, 3.63) is 64.2 Å². The average Bonchev–Trinajstić information content (AvgIpc) is 3.24. The van der Waals surface area contributed by atoms with E-state index in [4.69, 9.17) is 0 Å². The number of aromatic nitrogens is 1. The number of hydrogen-bond donors (Lipinski definition) is 1. The first-order chi connectivity index (χ1) is 11.7. The molecule has 2 aromatic heterocycles. The largest absolute Gasteiger partial charge is 0.361 e. The number of thiophene rings is 1. The summed E-state index contributed by atoms with van der Waals surface area (Å²) in [4.78, 5) is 18.5. The van der Waals surface area contributed by atoms with Crippen LogP contribution in [0.4, 0.5) is 4.39 Å². The van der Waals surface area contributed by atoms with Gasteiger partial charge < -0.3 is 9.88 Å². The molecule has 1 amide bonds. The Hall–Kier alpha value is -2.40. The molecule has 0 atom stereocenters. The summed E-state index contributed by atoms with van der Waals surface area (Å²) < 4.78 is 13.5. The molecule has 1 aromatic carbocycles. The van der Waals surface area contributed by atoms with Gasteiger partial charge in [0.05, 0.1) is 6.42 Å². The van der Waals surface area contributed by atoms with Crippen LogP contribution in [0.3, 0.4) is 0 Å². The second-order valence-electron chi connectivity index (χ2n) is 5.97. The van der Waals surface area contributed by atoms with E-state index in [9.17, 15) is 9.18 Å². The molecule has 24 heavy (non-hydrogen) atoms. The van der Waals surface area contributed by atoms with Gasteiger partial charge in [-0.25, -0.2) is 4.39 Å². The first-order valence-corrected chi connectivity index (χ1v) is 8.85. The van der Waals surface area contributed by atoms with Crippen molar-refractivity contribution >= 4 is 33.7 Å². The summed E-state index contributed by atoms with van der Waals surface area (Å²) >= 11 is 1.61. The summed E-state index contributed by atoms with van der Waals surface area (Å²) in [6.45, 7) is 1.32. The molecule has 3 heterocycles. The Morgan fingerprint density at radius 3 is 3.00 bits per heavy atom. The molecule has 0 spiro atoms. The van der Waals surface area contributed by atoms with Gasteiger partial charge in [-0.2, -0.15) is 0 Å². The number of H-pyrrole nitrogens is 1. The Bertz CT molecular complexity index is 911. The van der Waals surface area contributed by atoms with Crippen LogP contribution in [-0.4, -0.2) is 28.9 Å². The molecule has 3 aromatic rings. The monoisotopic (exact) mass is 340 g/mol. The molecule has 0 saturated heterocycles. The first kappa shape index (κ1) is 15.1. The molecular formula is C19H17FN2OS. The van der Waals surface area contributed by atoms with Crippen LogP contribution in [0.15, 0.2) is 48.0 Å². The Kier molecular flexibility index (Phi) is 3.94. The van der Waals surface area contributed by atoms with Crippen LogP contribution in [0, 0.1) is 5.82 Å². The molecule has 122 valence electrons. The predicted molar refractivity (Wildman–Crippen MR) is 95.5 cm³/mol. The van der Waals surface area contributed by atoms with Crippen molar-refractivity contribution in [1.82, 2.24) is 9.88 Å². The maximum Gasteiger partial charge on any atom is 0.228 e. The molecule has 0 radical (unpaired) electrons. The van der Waals surface area contributed by atoms with Crippen molar-refractivity contribution in [2.24, 2.45) is 0 Å². The van der Waals surface area contributed by atoms with Crippen molar-refractivity contribution in [1.29, 1.82) is 0 Å². The number of carbonyl (C=O) groups excluding carboxylic acids is 1. The van der Waals surface area contributed by atoms with Crippen LogP contribution in [0.25, 0.3) is 16.5 Å². The fourth-order valence-electron chi connectivity index (χ4n) is 3.17. The van der Waals surface area contributed by atoms with E-state index < -0.39 is 0 Å². The number of rotatable bonds is 3. The molecule has 4 rings (SSSR count). The lowest BCUT2D eigenvalue weighted by Gasteiger charge is -2.26. The third-order valence-corrected chi connectivity index (χ3v) is 5.33. The van der Waals surface area contributed by atoms with Gasteiger partial charge >= 0.3 is 0 Å². The highest BCUT2D eigenvalue weighted by Crippen LogP contribution is 2.30. The maximum absolute atomic E-state index is 13.5. The lowest BCUT2D eigenvalue weighted by Crippen LogP contribution is -2.35. The van der Waals surface area contributed by atoms with Gasteiger partial charge in [-0.3, -0.25) is 4.79 Å². The van der Waals surface area contributed by atoms with E-state index in [1.807, 2.05) is 28.6 Å². The predicted octanol–water partition coefficient (Wildman–Crippen LogP) is 4.23. The maximum atomic E-state index is 13.5. The van der Waals surface area contributed by atoms with Crippen LogP contribution in [0.1, 0.15) is 16.9 Å². The van der Waals surface area contributed by atoms with Crippen molar-refractivity contribution in [3.63, 3.8) is 0 Å². The zero-order chi connectivity index (χ0) is 16.5. The van der Waals surface area contributed by atoms with Crippen LogP contribution in [0.5, 0.6) is 0 Å². The highest BCUT2D eigenvalue weighted by Gasteiger charge is 2.20. The summed E-state index contributed by atoms with van der Waals surface area (Å²) in [5.74, 6) is -0.0646. The van der Waals surface area contributed by atoms with Crippen molar-refractivity contribution in [2.75, 3.05) is 13.1 Å². The summed E-state index contributed by atoms with van der Waals surface area (Å²) in [6.07, 6.45) is 5.28. The van der Waals surface area contributed by atoms with Crippen molar-refractivity contribution in [3.8, 4) is 0 Å². The lowest BCUT2D eigenvalue weighted by molar-refractivity contribution is -0.130. The highest BCUT2D eigenvalue weighted by atomic mass is 32.1. The standard InChI is InChI=1S/C19H17FN2OS/c20-14-3-4-18-16(10-14)17(12-21-18)13-5-7-22(8-6-13)19(23)11-15-2-1-9-24-15/h1-5,9-10,12,21H,6-8,11H2. The van der Waals surface area contributed by atoms with Gasteiger partial charge in [0, 0.05) is 40.6 Å². The van der Waals surface area contributed by atoms with E-state index >= 15 is 0 Å². The minimum absolute atomic E-state index is 0.165. The molecule has 3 nitrogen and oxygen atoms in total. The fourth-order valence-corrected chi connectivity index (χ4v) is 3.87. The van der Waals surface area contributed by atoms with E-state index in [0.29, 0.717) is 19.5 Å². The van der Waals surface area contributed by atoms with Gasteiger partial charge in [-0.05, 0) is 41.6 Å². The number of halogens is 1. The third kappa shape index (κ3) is 2.87. The van der Waals surface area contributed by atoms with Gasteiger partial charge in [0.15, 0.2) is 0 Å². The number of fused-ring (bicyclic) bond motifs is 1. The molecule has 0 fully saturated rings. The molecule has 5 heteroatoms. The number of amides is 1. The fraction of sp³-hybridized carbons (Fsp3) is 0.211. The third-order valence-electron chi connectivity index (χ3n) is 4.46. The summed E-state index contributed by atoms with van der Waals surface area (Å²) in [5.41, 5.74) is 3.14. The molecule has 0 aliphatic carbocycles. The van der Waals surface area contributed by atoms with E-state index in [1.54, 1.807) is 23.5 Å². The quantitative estimate of drug-likeness (QED) is 0.761. The van der Waals surface area contributed by atoms with E-state index in [2.05, 4.69) is 11.1 Å². The highest BCUT2D eigenvalue weighted by molar-refractivity contribution is 7.10. The number of nitrogens with one attached hydrogen (secondary N) is 1. The Morgan fingerprint density at radius 2 is 2.25 bits per heavy atom. The van der Waals surface area contributed by atoms with Crippen molar-refractivity contribution in [2.45, 2.75) is 12.8 Å². The van der Waals surface area contributed by atoms with Crippen LogP contribution in [-0.2, 0) is 11.2 Å². The number of benzene rings is 1. The number of hydrogen-bond acceptors (Lipinski definition) is 2. The second kappa shape index (κ2) is 6.24. The summed E-state index contributed by atoms with van der Waals surface area (Å²) in [5, 5.41) is 2.90. The van der Waals surface area contributed by atoms with Gasteiger partial charge in [0.1, 0.15) is 5.82 Å². The minimum Gasteiger partial charge on any atom is -0.361 e. The Labute approximate surface area is 143 Å². The minimum atomic E-state index is -0.229. The normalized spacial score (nSPS) is 14.9. The summed E-state index contributed by atoms with van der Waals surface area (Å²) in [6, 6.07) is 8.75. The molecule has 0 saturated carbocycles. The van der Waals surface area contributed by atoms with Crippen LogP contribution >= 0.6 is 11.3 Å². The Balaban J connectivity index is 1.51. The zero-order valence-corrected chi connectivity index (χ0v) is 13.9. The van der Waals surface area contributed by atoms with E-state index in [0.717, 1.165) is 27.8 Å². The number of nitrogens with zero attached hydrogens (tertiary/aromatic N) is 1. The SMILES string of the molecule is O=C(Cc1cccs1)N1CC=C(c2c[nH]c3ccc(F)cc23)CC1. The zero-order valence-electron chi connectivity index (χ0n) is 13.1.